The molecular weight excluding hydrogens is 242 g/mol. The van der Waals surface area contributed by atoms with Crippen LogP contribution >= 0.6 is 0 Å². The zero-order valence-electron chi connectivity index (χ0n) is 7.77. The maximum Gasteiger partial charge on any atom is 0.422 e. The third-order valence-electron chi connectivity index (χ3n) is 1.74. The topological polar surface area (TPSA) is 37.3 Å². The molecule has 1 aliphatic rings. The quantitative estimate of drug-likeness (QED) is 0.573. The van der Waals surface area contributed by atoms with Crippen molar-refractivity contribution in [2.45, 2.75) is 31.1 Å². The number of aliphatic carboxylic acids is 1. The molecule has 2 atom stereocenters. The molecule has 0 aromatic heterocycles. The molecule has 0 aliphatic heterocycles. The number of carboxylic acid groups (broad SMARTS) is 1. The van der Waals surface area contributed by atoms with Gasteiger partial charge in [0.15, 0.2) is 6.17 Å². The maximum absolute atomic E-state index is 11.6. The number of carboxylic acids is 1. The van der Waals surface area contributed by atoms with Gasteiger partial charge in [0.1, 0.15) is 17.9 Å². The number of hydrogen-bond donors (Lipinski definition) is 1. The van der Waals surface area contributed by atoms with Gasteiger partial charge in [0, 0.05) is 6.42 Å². The van der Waals surface area contributed by atoms with Crippen LogP contribution in [0.3, 0.4) is 0 Å². The van der Waals surface area contributed by atoms with Crippen molar-refractivity contribution < 1.29 is 36.2 Å². The van der Waals surface area contributed by atoms with E-state index >= 15 is 0 Å². The Balaban J connectivity index is 0.000000288. The van der Waals surface area contributed by atoms with Gasteiger partial charge in [-0.2, -0.15) is 13.2 Å². The van der Waals surface area contributed by atoms with E-state index < -0.39 is 36.2 Å². The van der Waals surface area contributed by atoms with Crippen LogP contribution in [-0.2, 0) is 4.79 Å². The van der Waals surface area contributed by atoms with E-state index in [4.69, 9.17) is 5.11 Å². The van der Waals surface area contributed by atoms with Crippen LogP contribution in [0.4, 0.5) is 26.3 Å². The summed E-state index contributed by atoms with van der Waals surface area (Å²) in [6.07, 6.45) is -9.96. The van der Waals surface area contributed by atoms with Crippen molar-refractivity contribution in [1.29, 1.82) is 0 Å². The summed E-state index contributed by atoms with van der Waals surface area (Å²) in [7, 11) is 0. The van der Waals surface area contributed by atoms with Crippen molar-refractivity contribution in [2.24, 2.45) is 0 Å². The van der Waals surface area contributed by atoms with Crippen LogP contribution < -0.4 is 0 Å². The summed E-state index contributed by atoms with van der Waals surface area (Å²) in [6, 6.07) is 0. The highest BCUT2D eigenvalue weighted by Crippen LogP contribution is 2.29. The number of hydrogen-bond acceptors (Lipinski definition) is 1. The molecule has 1 aliphatic carbocycles. The summed E-state index contributed by atoms with van der Waals surface area (Å²) in [5, 5.41) is 7.70. The number of carbonyl (C=O) groups is 1. The molecule has 0 aromatic carbocycles. The molecule has 1 N–H and O–H groups in total. The molecule has 8 heteroatoms. The first-order chi connectivity index (χ1) is 7.07. The molecule has 0 saturated heterocycles. The first-order valence-corrected chi connectivity index (χ1v) is 3.99. The van der Waals surface area contributed by atoms with Crippen molar-refractivity contribution >= 4 is 5.97 Å². The summed E-state index contributed by atoms with van der Waals surface area (Å²) in [4.78, 5) is 9.53. The van der Waals surface area contributed by atoms with E-state index in [0.717, 1.165) is 0 Å². The highest BCUT2D eigenvalue weighted by atomic mass is 19.4. The third kappa shape index (κ3) is 4.11. The van der Waals surface area contributed by atoms with Gasteiger partial charge >= 0.3 is 12.1 Å². The lowest BCUT2D eigenvalue weighted by atomic mass is 9.93. The van der Waals surface area contributed by atoms with Gasteiger partial charge in [-0.1, -0.05) is 6.58 Å². The Morgan fingerprint density at radius 2 is 1.56 bits per heavy atom. The standard InChI is InChI=1S/C4H3F3O2.C4H5F3/c1-2(3(8)9)4(5,6)7;5-2-1-3(6)4(2)7/h1H2,(H,8,9);2-4H,1H2. The lowest BCUT2D eigenvalue weighted by molar-refractivity contribution is -0.144. The molecule has 1 saturated carbocycles. The minimum Gasteiger partial charge on any atom is -0.478 e. The minimum absolute atomic E-state index is 0.249. The molecule has 2 unspecified atom stereocenters. The molecule has 0 radical (unpaired) electrons. The second-order valence-corrected chi connectivity index (χ2v) is 2.99. The lowest BCUT2D eigenvalue weighted by Crippen LogP contribution is -2.41. The summed E-state index contributed by atoms with van der Waals surface area (Å²) in [6.45, 7) is 2.30. The first kappa shape index (κ1) is 14.8. The SMILES string of the molecule is C=C(C(=O)O)C(F)(F)F.FC1CC(F)C1F. The molecule has 0 bridgehead atoms. The predicted octanol–water partition coefficient (Wildman–Crippen LogP) is 2.59. The fraction of sp³-hybridized carbons (Fsp3) is 0.625. The fourth-order valence-electron chi connectivity index (χ4n) is 0.627. The Labute approximate surface area is 86.6 Å². The monoisotopic (exact) mass is 250 g/mol. The van der Waals surface area contributed by atoms with Crippen molar-refractivity contribution in [3.05, 3.63) is 12.2 Å². The predicted molar refractivity (Wildman–Crippen MR) is 42.1 cm³/mol. The van der Waals surface area contributed by atoms with E-state index in [1.54, 1.807) is 0 Å². The highest BCUT2D eigenvalue weighted by Gasteiger charge is 2.42. The summed E-state index contributed by atoms with van der Waals surface area (Å²) >= 11 is 0. The zero-order valence-corrected chi connectivity index (χ0v) is 7.77. The molecule has 0 heterocycles. The van der Waals surface area contributed by atoms with Crippen LogP contribution in [0.15, 0.2) is 12.2 Å². The van der Waals surface area contributed by atoms with E-state index in [9.17, 15) is 31.1 Å². The second kappa shape index (κ2) is 5.22. The van der Waals surface area contributed by atoms with Crippen molar-refractivity contribution in [2.75, 3.05) is 0 Å². The van der Waals surface area contributed by atoms with Gasteiger partial charge in [0.2, 0.25) is 0 Å². The molecule has 0 spiro atoms. The van der Waals surface area contributed by atoms with Crippen LogP contribution in [-0.4, -0.2) is 35.8 Å². The Morgan fingerprint density at radius 1 is 1.19 bits per heavy atom. The average Bonchev–Trinajstić information content (AvgIpc) is 2.16. The third-order valence-corrected chi connectivity index (χ3v) is 1.74. The van der Waals surface area contributed by atoms with Gasteiger partial charge in [0.05, 0.1) is 0 Å². The average molecular weight is 250 g/mol. The number of rotatable bonds is 1. The van der Waals surface area contributed by atoms with Crippen LogP contribution in [0.2, 0.25) is 0 Å². The molecular formula is C8H8F6O2. The largest absolute Gasteiger partial charge is 0.478 e. The summed E-state index contributed by atoms with van der Waals surface area (Å²) < 4.78 is 68.3. The smallest absolute Gasteiger partial charge is 0.422 e. The Kier molecular flexibility index (Phi) is 4.82. The van der Waals surface area contributed by atoms with E-state index in [1.807, 2.05) is 0 Å². The lowest BCUT2D eigenvalue weighted by Gasteiger charge is -2.27. The van der Waals surface area contributed by atoms with Crippen LogP contribution in [0.1, 0.15) is 6.42 Å². The van der Waals surface area contributed by atoms with Crippen LogP contribution in [0, 0.1) is 0 Å². The number of halogens is 6. The van der Waals surface area contributed by atoms with Crippen LogP contribution in [0.5, 0.6) is 0 Å². The molecule has 1 rings (SSSR count). The molecule has 16 heavy (non-hydrogen) atoms. The molecule has 2 nitrogen and oxygen atoms in total. The van der Waals surface area contributed by atoms with Gasteiger partial charge in [-0.05, 0) is 0 Å². The zero-order chi connectivity index (χ0) is 13.1. The summed E-state index contributed by atoms with van der Waals surface area (Å²) in [5.41, 5.74) is -1.75. The fourth-order valence-corrected chi connectivity index (χ4v) is 0.627. The van der Waals surface area contributed by atoms with Gasteiger partial charge in [-0.25, -0.2) is 18.0 Å². The van der Waals surface area contributed by atoms with E-state index in [1.165, 1.54) is 0 Å². The maximum atomic E-state index is 11.6. The van der Waals surface area contributed by atoms with Crippen molar-refractivity contribution in [1.82, 2.24) is 0 Å². The molecule has 1 fully saturated rings. The number of alkyl halides is 6. The van der Waals surface area contributed by atoms with Gasteiger partial charge in [-0.15, -0.1) is 0 Å². The van der Waals surface area contributed by atoms with Crippen molar-refractivity contribution in [3.63, 3.8) is 0 Å². The van der Waals surface area contributed by atoms with Gasteiger partial charge in [0.25, 0.3) is 0 Å². The normalized spacial score (nSPS) is 28.5. The summed E-state index contributed by atoms with van der Waals surface area (Å²) in [5.74, 6) is -2.04. The minimum atomic E-state index is -4.81. The molecule has 0 aromatic rings. The van der Waals surface area contributed by atoms with Gasteiger partial charge in [-0.3, -0.25) is 0 Å². The first-order valence-electron chi connectivity index (χ1n) is 3.99. The molecule has 0 amide bonds. The second-order valence-electron chi connectivity index (χ2n) is 2.99. The van der Waals surface area contributed by atoms with E-state index in [0.29, 0.717) is 0 Å². The van der Waals surface area contributed by atoms with Crippen molar-refractivity contribution in [3.8, 4) is 0 Å². The van der Waals surface area contributed by atoms with Gasteiger partial charge < -0.3 is 5.11 Å². The Bertz CT molecular complexity index is 266. The Morgan fingerprint density at radius 3 is 1.56 bits per heavy atom. The molecule has 94 valence electrons. The van der Waals surface area contributed by atoms with E-state index in [2.05, 4.69) is 6.58 Å². The van der Waals surface area contributed by atoms with Crippen LogP contribution in [0.25, 0.3) is 0 Å². The highest BCUT2D eigenvalue weighted by molar-refractivity contribution is 5.87. The Hall–Kier alpha value is -1.21. The van der Waals surface area contributed by atoms with E-state index in [-0.39, 0.29) is 6.42 Å².